The lowest BCUT2D eigenvalue weighted by atomic mass is 10.1. The first-order valence-corrected chi connectivity index (χ1v) is 8.63. The van der Waals surface area contributed by atoms with Crippen LogP contribution in [0.2, 0.25) is 0 Å². The standard InChI is InChI=1S/C20H18N4O4/c1-12-14-8-7-13(26-3)10-16(14)27-18(12)20(25)24(2)11-17-22-19(23-28-17)15-6-4-5-9-21-15/h4-10H,11H2,1-3H3. The van der Waals surface area contributed by atoms with Gasteiger partial charge >= 0.3 is 0 Å². The van der Waals surface area contributed by atoms with E-state index in [9.17, 15) is 4.79 Å². The average Bonchev–Trinajstić information content (AvgIpc) is 3.32. The summed E-state index contributed by atoms with van der Waals surface area (Å²) in [6, 6.07) is 10.9. The quantitative estimate of drug-likeness (QED) is 0.525. The second-order valence-electron chi connectivity index (χ2n) is 6.31. The lowest BCUT2D eigenvalue weighted by Gasteiger charge is -2.13. The number of methoxy groups -OCH3 is 1. The summed E-state index contributed by atoms with van der Waals surface area (Å²) in [6.45, 7) is 2.00. The van der Waals surface area contributed by atoms with E-state index in [0.717, 1.165) is 10.9 Å². The number of hydrogen-bond acceptors (Lipinski definition) is 7. The molecule has 1 aromatic carbocycles. The first-order valence-electron chi connectivity index (χ1n) is 8.63. The van der Waals surface area contributed by atoms with Crippen molar-refractivity contribution in [1.29, 1.82) is 0 Å². The molecule has 0 fully saturated rings. The molecule has 8 heteroatoms. The molecule has 1 amide bonds. The van der Waals surface area contributed by atoms with E-state index in [-0.39, 0.29) is 18.2 Å². The van der Waals surface area contributed by atoms with Gasteiger partial charge in [0.25, 0.3) is 5.91 Å². The van der Waals surface area contributed by atoms with Crippen LogP contribution in [0, 0.1) is 6.92 Å². The molecule has 0 bridgehead atoms. The van der Waals surface area contributed by atoms with Crippen molar-refractivity contribution in [1.82, 2.24) is 20.0 Å². The molecule has 0 aliphatic heterocycles. The number of furan rings is 1. The molecule has 3 aromatic heterocycles. The fraction of sp³-hybridized carbons (Fsp3) is 0.200. The molecule has 28 heavy (non-hydrogen) atoms. The number of ether oxygens (including phenoxy) is 1. The minimum Gasteiger partial charge on any atom is -0.497 e. The predicted molar refractivity (Wildman–Crippen MR) is 101 cm³/mol. The van der Waals surface area contributed by atoms with Crippen LogP contribution in [0.3, 0.4) is 0 Å². The average molecular weight is 378 g/mol. The number of fused-ring (bicyclic) bond motifs is 1. The molecule has 8 nitrogen and oxygen atoms in total. The van der Waals surface area contributed by atoms with Crippen LogP contribution in [-0.4, -0.2) is 40.1 Å². The Balaban J connectivity index is 1.55. The van der Waals surface area contributed by atoms with Gasteiger partial charge in [0.2, 0.25) is 11.7 Å². The molecule has 3 heterocycles. The van der Waals surface area contributed by atoms with E-state index < -0.39 is 0 Å². The van der Waals surface area contributed by atoms with Crippen LogP contribution < -0.4 is 4.74 Å². The number of carbonyl (C=O) groups excluding carboxylic acids is 1. The van der Waals surface area contributed by atoms with Gasteiger partial charge in [0.15, 0.2) is 5.76 Å². The molecule has 0 saturated carbocycles. The highest BCUT2D eigenvalue weighted by atomic mass is 16.5. The number of pyridine rings is 1. The summed E-state index contributed by atoms with van der Waals surface area (Å²) in [5, 5.41) is 4.79. The maximum atomic E-state index is 12.9. The first-order chi connectivity index (χ1) is 13.6. The third kappa shape index (κ3) is 3.20. The van der Waals surface area contributed by atoms with E-state index in [1.807, 2.05) is 31.2 Å². The Morgan fingerprint density at radius 1 is 1.25 bits per heavy atom. The third-order valence-electron chi connectivity index (χ3n) is 4.42. The van der Waals surface area contributed by atoms with Crippen molar-refractivity contribution >= 4 is 16.9 Å². The number of aromatic nitrogens is 3. The van der Waals surface area contributed by atoms with Crippen LogP contribution in [0.1, 0.15) is 22.0 Å². The molecule has 0 aliphatic carbocycles. The van der Waals surface area contributed by atoms with Crippen molar-refractivity contribution < 1.29 is 18.5 Å². The third-order valence-corrected chi connectivity index (χ3v) is 4.42. The fourth-order valence-electron chi connectivity index (χ4n) is 2.90. The van der Waals surface area contributed by atoms with Crippen LogP contribution >= 0.6 is 0 Å². The Morgan fingerprint density at radius 2 is 2.11 bits per heavy atom. The number of nitrogens with zero attached hydrogens (tertiary/aromatic N) is 4. The van der Waals surface area contributed by atoms with Gasteiger partial charge in [0.05, 0.1) is 7.11 Å². The van der Waals surface area contributed by atoms with Crippen molar-refractivity contribution in [3.05, 3.63) is 59.8 Å². The van der Waals surface area contributed by atoms with E-state index in [2.05, 4.69) is 15.1 Å². The van der Waals surface area contributed by atoms with Gasteiger partial charge in [-0.25, -0.2) is 0 Å². The van der Waals surface area contributed by atoms with Crippen molar-refractivity contribution in [3.8, 4) is 17.3 Å². The molecule has 0 N–H and O–H groups in total. The summed E-state index contributed by atoms with van der Waals surface area (Å²) in [7, 11) is 3.24. The molecule has 0 unspecified atom stereocenters. The van der Waals surface area contributed by atoms with Crippen LogP contribution in [0.5, 0.6) is 5.75 Å². The first kappa shape index (κ1) is 17.7. The Hall–Kier alpha value is -3.68. The zero-order valence-electron chi connectivity index (χ0n) is 15.7. The van der Waals surface area contributed by atoms with Gasteiger partial charge in [-0.2, -0.15) is 4.98 Å². The highest BCUT2D eigenvalue weighted by Crippen LogP contribution is 2.29. The molecule has 0 saturated heterocycles. The molecule has 0 atom stereocenters. The van der Waals surface area contributed by atoms with E-state index in [1.165, 1.54) is 4.90 Å². The number of rotatable bonds is 5. The van der Waals surface area contributed by atoms with Crippen molar-refractivity contribution in [2.75, 3.05) is 14.2 Å². The monoisotopic (exact) mass is 378 g/mol. The Labute approximate surface area is 160 Å². The van der Waals surface area contributed by atoms with Crippen LogP contribution in [-0.2, 0) is 6.54 Å². The molecule has 142 valence electrons. The van der Waals surface area contributed by atoms with E-state index in [0.29, 0.717) is 28.7 Å². The maximum absolute atomic E-state index is 12.9. The lowest BCUT2D eigenvalue weighted by Crippen LogP contribution is -2.26. The normalized spacial score (nSPS) is 11.0. The number of benzene rings is 1. The van der Waals surface area contributed by atoms with Crippen molar-refractivity contribution in [2.24, 2.45) is 0 Å². The van der Waals surface area contributed by atoms with Gasteiger partial charge in [-0.3, -0.25) is 9.78 Å². The molecular weight excluding hydrogens is 360 g/mol. The molecule has 0 aliphatic rings. The van der Waals surface area contributed by atoms with Gasteiger partial charge < -0.3 is 18.6 Å². The summed E-state index contributed by atoms with van der Waals surface area (Å²) >= 11 is 0. The zero-order valence-corrected chi connectivity index (χ0v) is 15.7. The second-order valence-corrected chi connectivity index (χ2v) is 6.31. The van der Waals surface area contributed by atoms with Gasteiger partial charge in [0.1, 0.15) is 23.6 Å². The molecule has 0 spiro atoms. The van der Waals surface area contributed by atoms with Crippen molar-refractivity contribution in [3.63, 3.8) is 0 Å². The smallest absolute Gasteiger partial charge is 0.290 e. The van der Waals surface area contributed by atoms with E-state index >= 15 is 0 Å². The fourth-order valence-corrected chi connectivity index (χ4v) is 2.90. The largest absolute Gasteiger partial charge is 0.497 e. The summed E-state index contributed by atoms with van der Waals surface area (Å²) in [5.74, 6) is 1.36. The Bertz CT molecular complexity index is 1130. The molecule has 0 radical (unpaired) electrons. The van der Waals surface area contributed by atoms with Crippen molar-refractivity contribution in [2.45, 2.75) is 13.5 Å². The van der Waals surface area contributed by atoms with Gasteiger partial charge in [0, 0.05) is 30.3 Å². The van der Waals surface area contributed by atoms with Crippen LogP contribution in [0.15, 0.2) is 51.5 Å². The summed E-state index contributed by atoms with van der Waals surface area (Å²) in [4.78, 5) is 22.8. The second kappa shape index (κ2) is 7.15. The molecule has 4 aromatic rings. The van der Waals surface area contributed by atoms with Crippen LogP contribution in [0.25, 0.3) is 22.5 Å². The number of amides is 1. The molecule has 4 rings (SSSR count). The Morgan fingerprint density at radius 3 is 2.86 bits per heavy atom. The summed E-state index contributed by atoms with van der Waals surface area (Å²) in [6.07, 6.45) is 1.65. The summed E-state index contributed by atoms with van der Waals surface area (Å²) < 4.78 is 16.3. The number of hydrogen-bond donors (Lipinski definition) is 0. The minimum absolute atomic E-state index is 0.151. The summed E-state index contributed by atoms with van der Waals surface area (Å²) in [5.41, 5.74) is 1.98. The predicted octanol–water partition coefficient (Wildman–Crippen LogP) is 3.47. The van der Waals surface area contributed by atoms with Gasteiger partial charge in [-0.05, 0) is 31.2 Å². The minimum atomic E-state index is -0.273. The zero-order chi connectivity index (χ0) is 19.7. The van der Waals surface area contributed by atoms with Gasteiger partial charge in [-0.15, -0.1) is 0 Å². The Kier molecular flexibility index (Phi) is 4.52. The lowest BCUT2D eigenvalue weighted by molar-refractivity contribution is 0.0739. The molecular formula is C20H18N4O4. The van der Waals surface area contributed by atoms with Crippen LogP contribution in [0.4, 0.5) is 0 Å². The van der Waals surface area contributed by atoms with E-state index in [1.54, 1.807) is 32.5 Å². The van der Waals surface area contributed by atoms with Gasteiger partial charge in [-0.1, -0.05) is 11.2 Å². The topological polar surface area (TPSA) is 94.5 Å². The maximum Gasteiger partial charge on any atom is 0.290 e. The SMILES string of the molecule is COc1ccc2c(C)c(C(=O)N(C)Cc3nc(-c4ccccn4)no3)oc2c1. The van der Waals surface area contributed by atoms with E-state index in [4.69, 9.17) is 13.7 Å². The number of aryl methyl sites for hydroxylation is 1. The number of carbonyl (C=O) groups is 1. The highest BCUT2D eigenvalue weighted by molar-refractivity contribution is 5.99. The highest BCUT2D eigenvalue weighted by Gasteiger charge is 2.23.